The van der Waals surface area contributed by atoms with Gasteiger partial charge in [0.05, 0.1) is 18.8 Å². The fraction of sp³-hybridized carbons (Fsp3) is 0.0556. The molecule has 1 N–H and O–H groups in total. The van der Waals surface area contributed by atoms with Gasteiger partial charge in [-0.25, -0.2) is 0 Å². The van der Waals surface area contributed by atoms with E-state index in [1.807, 2.05) is 12.1 Å². The molecule has 2 aromatic carbocycles. The highest BCUT2D eigenvalue weighted by Gasteiger charge is 2.13. The minimum absolute atomic E-state index is 0.0710. The highest BCUT2D eigenvalue weighted by molar-refractivity contribution is 14.1. The highest BCUT2D eigenvalue weighted by Crippen LogP contribution is 2.32. The molecule has 5 nitrogen and oxygen atoms in total. The van der Waals surface area contributed by atoms with Crippen molar-refractivity contribution in [3.63, 3.8) is 0 Å². The minimum Gasteiger partial charge on any atom is -0.476 e. The molecule has 0 atom stereocenters. The van der Waals surface area contributed by atoms with Crippen LogP contribution in [0.2, 0.25) is 5.02 Å². The van der Waals surface area contributed by atoms with Crippen molar-refractivity contribution in [1.82, 2.24) is 0 Å². The van der Waals surface area contributed by atoms with Crippen molar-refractivity contribution in [2.24, 2.45) is 0 Å². The normalized spacial score (nSPS) is 10.6. The number of benzene rings is 2. The average Bonchev–Trinajstić information content (AvgIpc) is 2.61. The van der Waals surface area contributed by atoms with E-state index < -0.39 is 5.91 Å². The van der Waals surface area contributed by atoms with E-state index in [0.717, 1.165) is 3.57 Å². The number of hydrogen-bond donors (Lipinski definition) is 1. The van der Waals surface area contributed by atoms with Crippen molar-refractivity contribution in [2.45, 2.75) is 0 Å². The fourth-order valence-electron chi connectivity index (χ4n) is 1.97. The first-order chi connectivity index (χ1) is 12.5. The zero-order chi connectivity index (χ0) is 19.1. The molecule has 0 bridgehead atoms. The number of amides is 1. The first-order valence-corrected chi connectivity index (χ1v) is 9.37. The monoisotopic (exact) mass is 541 g/mol. The van der Waals surface area contributed by atoms with Crippen molar-refractivity contribution in [3.8, 4) is 17.9 Å². The van der Waals surface area contributed by atoms with Crippen LogP contribution in [0, 0.1) is 26.2 Å². The van der Waals surface area contributed by atoms with Crippen LogP contribution in [0.3, 0.4) is 0 Å². The van der Waals surface area contributed by atoms with Crippen LogP contribution in [-0.2, 0) is 4.79 Å². The molecule has 0 unspecified atom stereocenters. The van der Waals surface area contributed by atoms with Crippen molar-refractivity contribution in [3.05, 3.63) is 60.6 Å². The number of carbonyl (C=O) groups is 1. The summed E-state index contributed by atoms with van der Waals surface area (Å²) in [5.41, 5.74) is 0.992. The smallest absolute Gasteiger partial charge is 0.266 e. The maximum Gasteiger partial charge on any atom is 0.266 e. The first-order valence-electron chi connectivity index (χ1n) is 7.12. The van der Waals surface area contributed by atoms with E-state index in [-0.39, 0.29) is 12.2 Å². The molecule has 0 fully saturated rings. The van der Waals surface area contributed by atoms with Gasteiger partial charge >= 0.3 is 0 Å². The molecule has 0 aliphatic carbocycles. The average molecular weight is 543 g/mol. The van der Waals surface area contributed by atoms with Gasteiger partial charge in [-0.2, -0.15) is 10.5 Å². The molecule has 0 aliphatic heterocycles. The molecular formula is C18H10BrClIN3O2. The number of nitriles is 2. The lowest BCUT2D eigenvalue weighted by Crippen LogP contribution is -2.13. The number of anilines is 1. The number of nitrogens with one attached hydrogen (secondary N) is 1. The Hall–Kier alpha value is -2.07. The van der Waals surface area contributed by atoms with Gasteiger partial charge < -0.3 is 10.1 Å². The van der Waals surface area contributed by atoms with E-state index in [9.17, 15) is 10.1 Å². The van der Waals surface area contributed by atoms with Gasteiger partial charge in [0.15, 0.2) is 6.61 Å². The molecular weight excluding hydrogens is 532 g/mol. The summed E-state index contributed by atoms with van der Waals surface area (Å²) in [5, 5.41) is 21.0. The third-order valence-corrected chi connectivity index (χ3v) is 4.82. The summed E-state index contributed by atoms with van der Waals surface area (Å²) in [5.74, 6) is -0.0279. The number of ether oxygens (including phenoxy) is 1. The van der Waals surface area contributed by atoms with Crippen LogP contribution in [0.5, 0.6) is 5.75 Å². The second-order valence-corrected chi connectivity index (χ2v) is 7.29. The van der Waals surface area contributed by atoms with Gasteiger partial charge in [-0.1, -0.05) is 23.7 Å². The van der Waals surface area contributed by atoms with Crippen molar-refractivity contribution < 1.29 is 9.53 Å². The molecule has 130 valence electrons. The van der Waals surface area contributed by atoms with E-state index in [0.29, 0.717) is 26.5 Å². The number of rotatable bonds is 5. The van der Waals surface area contributed by atoms with E-state index in [1.165, 1.54) is 6.08 Å². The Morgan fingerprint density at radius 1 is 1.35 bits per heavy atom. The van der Waals surface area contributed by atoms with Gasteiger partial charge in [0.25, 0.3) is 5.91 Å². The Labute approximate surface area is 177 Å². The molecule has 1 amide bonds. The lowest BCUT2D eigenvalue weighted by molar-refractivity contribution is -0.112. The van der Waals surface area contributed by atoms with Crippen LogP contribution in [0.25, 0.3) is 6.08 Å². The topological polar surface area (TPSA) is 85.9 Å². The van der Waals surface area contributed by atoms with Gasteiger partial charge in [-0.05, 0) is 74.4 Å². The van der Waals surface area contributed by atoms with Crippen molar-refractivity contribution in [1.29, 1.82) is 10.5 Å². The molecule has 0 aromatic heterocycles. The summed E-state index contributed by atoms with van der Waals surface area (Å²) in [6, 6.07) is 14.0. The number of carbonyl (C=O) groups excluding carboxylic acids is 1. The Balaban J connectivity index is 2.28. The molecule has 0 saturated heterocycles. The number of hydrogen-bond acceptors (Lipinski definition) is 4. The maximum atomic E-state index is 12.3. The SMILES string of the molecule is N#CCOc1c(Br)cc(/C=C(\C#N)C(=O)Nc2ccccc2Cl)cc1I. The van der Waals surface area contributed by atoms with Crippen LogP contribution < -0.4 is 10.1 Å². The molecule has 0 saturated carbocycles. The van der Waals surface area contributed by atoms with Gasteiger partial charge in [0, 0.05) is 0 Å². The van der Waals surface area contributed by atoms with Crippen LogP contribution in [0.1, 0.15) is 5.56 Å². The van der Waals surface area contributed by atoms with Crippen LogP contribution in [0.15, 0.2) is 46.4 Å². The van der Waals surface area contributed by atoms with Crippen LogP contribution in [0.4, 0.5) is 5.69 Å². The Morgan fingerprint density at radius 2 is 2.08 bits per heavy atom. The van der Waals surface area contributed by atoms with Crippen LogP contribution >= 0.6 is 50.1 Å². The number of nitrogens with zero attached hydrogens (tertiary/aromatic N) is 2. The summed E-state index contributed by atoms with van der Waals surface area (Å²) in [6.07, 6.45) is 1.47. The quantitative estimate of drug-likeness (QED) is 0.322. The second kappa shape index (κ2) is 9.58. The zero-order valence-corrected chi connectivity index (χ0v) is 17.6. The van der Waals surface area contributed by atoms with Gasteiger partial charge in [0.1, 0.15) is 23.5 Å². The van der Waals surface area contributed by atoms with Crippen LogP contribution in [-0.4, -0.2) is 12.5 Å². The molecule has 0 aliphatic rings. The number of halogens is 3. The second-order valence-electron chi connectivity index (χ2n) is 4.86. The summed E-state index contributed by atoms with van der Waals surface area (Å²) in [6.45, 7) is -0.0759. The molecule has 2 rings (SSSR count). The molecule has 0 spiro atoms. The Bertz CT molecular complexity index is 941. The summed E-state index contributed by atoms with van der Waals surface area (Å²) < 4.78 is 6.71. The van der Waals surface area contributed by atoms with E-state index >= 15 is 0 Å². The molecule has 26 heavy (non-hydrogen) atoms. The largest absolute Gasteiger partial charge is 0.476 e. The third kappa shape index (κ3) is 5.21. The third-order valence-electron chi connectivity index (χ3n) is 3.10. The molecule has 0 heterocycles. The summed E-state index contributed by atoms with van der Waals surface area (Å²) in [7, 11) is 0. The highest BCUT2D eigenvalue weighted by atomic mass is 127. The molecule has 2 aromatic rings. The molecule has 0 radical (unpaired) electrons. The minimum atomic E-state index is -0.559. The van der Waals surface area contributed by atoms with E-state index in [2.05, 4.69) is 43.8 Å². The first kappa shape index (κ1) is 20.2. The number of para-hydroxylation sites is 1. The predicted molar refractivity (Wildman–Crippen MR) is 112 cm³/mol. The summed E-state index contributed by atoms with van der Waals surface area (Å²) in [4.78, 5) is 12.3. The Morgan fingerprint density at radius 3 is 2.69 bits per heavy atom. The van der Waals surface area contributed by atoms with E-state index in [4.69, 9.17) is 21.6 Å². The van der Waals surface area contributed by atoms with Gasteiger partial charge in [0.2, 0.25) is 0 Å². The lowest BCUT2D eigenvalue weighted by atomic mass is 10.1. The lowest BCUT2D eigenvalue weighted by Gasteiger charge is -2.09. The zero-order valence-electron chi connectivity index (χ0n) is 13.1. The van der Waals surface area contributed by atoms with Gasteiger partial charge in [-0.15, -0.1) is 0 Å². The maximum absolute atomic E-state index is 12.3. The van der Waals surface area contributed by atoms with E-state index in [1.54, 1.807) is 36.4 Å². The predicted octanol–water partition coefficient (Wildman–Crippen LogP) is 5.16. The standard InChI is InChI=1S/C18H10BrClIN3O2/c19-13-8-11(9-15(21)17(13)26-6-5-22)7-12(10-23)18(25)24-16-4-2-1-3-14(16)20/h1-4,7-9H,6H2,(H,24,25)/b12-7+. The fourth-order valence-corrected chi connectivity index (χ4v) is 3.92. The Kier molecular flexibility index (Phi) is 7.46. The molecule has 8 heteroatoms. The van der Waals surface area contributed by atoms with Crippen molar-refractivity contribution in [2.75, 3.05) is 11.9 Å². The van der Waals surface area contributed by atoms with Gasteiger partial charge in [-0.3, -0.25) is 4.79 Å². The summed E-state index contributed by atoms with van der Waals surface area (Å²) >= 11 is 11.4. The van der Waals surface area contributed by atoms with Crippen molar-refractivity contribution >= 4 is 67.8 Å².